The molecule has 0 amide bonds. The van der Waals surface area contributed by atoms with Gasteiger partial charge in [0, 0.05) is 17.6 Å². The number of unbranched alkanes of at least 4 members (excludes halogenated alkanes) is 3. The van der Waals surface area contributed by atoms with E-state index in [0.29, 0.717) is 42.1 Å². The Morgan fingerprint density at radius 3 is 2.51 bits per heavy atom. The quantitative estimate of drug-likeness (QED) is 0.0554. The van der Waals surface area contributed by atoms with E-state index in [2.05, 4.69) is 31.7 Å². The van der Waals surface area contributed by atoms with Crippen molar-refractivity contribution in [3.05, 3.63) is 82.5 Å². The Balaban J connectivity index is 2.56. The van der Waals surface area contributed by atoms with Gasteiger partial charge in [-0.3, -0.25) is 4.79 Å². The number of ether oxygens (including phenoxy) is 3. The molecule has 0 fully saturated rings. The molecule has 7 heteroatoms. The van der Waals surface area contributed by atoms with E-state index in [-0.39, 0.29) is 12.6 Å². The number of fused-ring (bicyclic) bond motifs is 1. The van der Waals surface area contributed by atoms with Crippen LogP contribution in [-0.2, 0) is 20.7 Å². The lowest BCUT2D eigenvalue weighted by Gasteiger charge is -2.16. The summed E-state index contributed by atoms with van der Waals surface area (Å²) in [6, 6.07) is 10.4. The molecule has 43 heavy (non-hydrogen) atoms. The minimum absolute atomic E-state index is 0.196. The molecule has 0 aromatic heterocycles. The van der Waals surface area contributed by atoms with Gasteiger partial charge in [-0.15, -0.1) is 18.3 Å². The lowest BCUT2D eigenvalue weighted by molar-refractivity contribution is -0.148. The smallest absolute Gasteiger partial charge is 0.313 e. The van der Waals surface area contributed by atoms with Crippen molar-refractivity contribution in [2.45, 2.75) is 66.2 Å². The first-order valence-corrected chi connectivity index (χ1v) is 16.1. The second-order valence-electron chi connectivity index (χ2n) is 10.2. The molecule has 0 saturated carbocycles. The predicted octanol–water partition coefficient (Wildman–Crippen LogP) is 9.04. The highest BCUT2D eigenvalue weighted by atomic mass is 32.2. The molecule has 0 N–H and O–H groups in total. The summed E-state index contributed by atoms with van der Waals surface area (Å²) in [4.78, 5) is 13.6. The van der Waals surface area contributed by atoms with Gasteiger partial charge in [0.05, 0.1) is 29.9 Å². The fraction of sp³-hybridized carbons (Fsp3) is 0.417. The Kier molecular flexibility index (Phi) is 16.0. The third-order valence-electron chi connectivity index (χ3n) is 7.04. The van der Waals surface area contributed by atoms with Gasteiger partial charge in [-0.25, -0.2) is 0 Å². The van der Waals surface area contributed by atoms with E-state index in [9.17, 15) is 15.3 Å². The molecule has 0 aliphatic heterocycles. The molecule has 0 bridgehead atoms. The monoisotopic (exact) mass is 600 g/mol. The van der Waals surface area contributed by atoms with Gasteiger partial charge in [-0.1, -0.05) is 50.5 Å². The van der Waals surface area contributed by atoms with Gasteiger partial charge >= 0.3 is 5.97 Å². The van der Waals surface area contributed by atoms with E-state index in [1.807, 2.05) is 45.2 Å². The van der Waals surface area contributed by atoms with Gasteiger partial charge < -0.3 is 14.2 Å². The van der Waals surface area contributed by atoms with E-state index in [0.717, 1.165) is 52.5 Å². The van der Waals surface area contributed by atoms with E-state index in [4.69, 9.17) is 14.2 Å². The summed E-state index contributed by atoms with van der Waals surface area (Å²) in [6.07, 6.45) is 16.7. The first-order valence-electron chi connectivity index (χ1n) is 14.9. The van der Waals surface area contributed by atoms with Crippen LogP contribution < -0.4 is 4.74 Å². The normalized spacial score (nSPS) is 12.6. The third kappa shape index (κ3) is 10.8. The molecule has 0 spiro atoms. The highest BCUT2D eigenvalue weighted by Crippen LogP contribution is 2.38. The van der Waals surface area contributed by atoms with Crippen molar-refractivity contribution in [1.82, 2.24) is 0 Å². The molecule has 0 aliphatic carbocycles. The van der Waals surface area contributed by atoms with Crippen LogP contribution in [0.25, 0.3) is 16.3 Å². The van der Waals surface area contributed by atoms with Crippen LogP contribution in [0.3, 0.4) is 0 Å². The number of benzene rings is 2. The molecule has 6 nitrogen and oxygen atoms in total. The topological polar surface area (TPSA) is 92.3 Å². The maximum absolute atomic E-state index is 12.5. The Labute approximate surface area is 261 Å². The van der Waals surface area contributed by atoms with Crippen molar-refractivity contribution in [3.8, 4) is 17.9 Å². The number of nitriles is 2. The van der Waals surface area contributed by atoms with Crippen LogP contribution in [0.15, 0.2) is 60.2 Å². The van der Waals surface area contributed by atoms with Gasteiger partial charge in [0.2, 0.25) is 0 Å². The van der Waals surface area contributed by atoms with Crippen molar-refractivity contribution in [3.63, 3.8) is 0 Å². The minimum atomic E-state index is -0.515. The summed E-state index contributed by atoms with van der Waals surface area (Å²) in [5.74, 6) is -0.278. The summed E-state index contributed by atoms with van der Waals surface area (Å²) in [6.45, 7) is 13.0. The Bertz CT molecular complexity index is 1430. The first-order chi connectivity index (χ1) is 20.8. The molecule has 0 saturated heterocycles. The fourth-order valence-electron chi connectivity index (χ4n) is 4.62. The molecular formula is C36H44N2O4S. The molecule has 0 aliphatic rings. The predicted molar refractivity (Wildman–Crippen MR) is 178 cm³/mol. The molecule has 0 radical (unpaired) electrons. The van der Waals surface area contributed by atoms with Crippen LogP contribution in [0, 0.1) is 28.6 Å². The van der Waals surface area contributed by atoms with Crippen molar-refractivity contribution in [2.24, 2.45) is 5.92 Å². The van der Waals surface area contributed by atoms with Crippen LogP contribution >= 0.6 is 11.8 Å². The van der Waals surface area contributed by atoms with Crippen LogP contribution in [0.1, 0.15) is 82.1 Å². The fourth-order valence-corrected chi connectivity index (χ4v) is 4.82. The van der Waals surface area contributed by atoms with Crippen LogP contribution in [0.4, 0.5) is 0 Å². The van der Waals surface area contributed by atoms with Crippen LogP contribution in [-0.4, -0.2) is 32.0 Å². The molecule has 1 unspecified atom stereocenters. The Morgan fingerprint density at radius 2 is 1.86 bits per heavy atom. The van der Waals surface area contributed by atoms with Crippen molar-refractivity contribution in [2.75, 3.05) is 26.1 Å². The Morgan fingerprint density at radius 1 is 1.07 bits per heavy atom. The second-order valence-corrected chi connectivity index (χ2v) is 11.2. The maximum atomic E-state index is 12.5. The van der Waals surface area contributed by atoms with Gasteiger partial charge in [-0.05, 0) is 85.9 Å². The van der Waals surface area contributed by atoms with Crippen LogP contribution in [0.5, 0.6) is 5.75 Å². The lowest BCUT2D eigenvalue weighted by Crippen LogP contribution is -2.18. The average molecular weight is 601 g/mol. The first kappa shape index (κ1) is 35.4. The number of hydrogen-bond donors (Lipinski definition) is 0. The highest BCUT2D eigenvalue weighted by Gasteiger charge is 2.19. The van der Waals surface area contributed by atoms with Crippen LogP contribution in [0.2, 0.25) is 0 Å². The zero-order valence-corrected chi connectivity index (χ0v) is 27.0. The van der Waals surface area contributed by atoms with E-state index in [1.165, 1.54) is 6.42 Å². The number of carbonyl (C=O) groups is 1. The molecule has 2 aromatic carbocycles. The molecule has 0 heterocycles. The molecular weight excluding hydrogens is 556 g/mol. The number of rotatable bonds is 18. The number of thioether (sulfide) groups is 1. The summed E-state index contributed by atoms with van der Waals surface area (Å²) in [5.41, 5.74) is 3.31. The summed E-state index contributed by atoms with van der Waals surface area (Å²) >= 11 is 1.64. The standard InChI is InChI=1S/C36H44N2O4S/c1-7-10-11-12-14-28-21-30-23-31(24-37)32(25-38)34(26(4)16-17-27(5)43-6)35(30)33(22-28)41-18-13-15-29(8-2)36(39)42-20-19-40-9-3/h8,13,16-18,21-23,29H,2,7,9-12,14-15,19-20H2,1,3-6H3/b18-13+,26-16+,27-17+. The lowest BCUT2D eigenvalue weighted by atomic mass is 9.88. The summed E-state index contributed by atoms with van der Waals surface area (Å²) in [7, 11) is 0. The zero-order chi connectivity index (χ0) is 31.6. The van der Waals surface area contributed by atoms with Crippen molar-refractivity contribution in [1.29, 1.82) is 10.5 Å². The number of hydrogen-bond acceptors (Lipinski definition) is 7. The molecule has 228 valence electrons. The van der Waals surface area contributed by atoms with Crippen molar-refractivity contribution < 1.29 is 19.0 Å². The van der Waals surface area contributed by atoms with Crippen molar-refractivity contribution >= 4 is 34.1 Å². The van der Waals surface area contributed by atoms with E-state index >= 15 is 0 Å². The SMILES string of the molecule is C=CC(C/C=C/Oc1cc(CCCCCC)cc2cc(C#N)c(C#N)c(/C(C)=C/C=C(\C)SC)c12)C(=O)OCCOCC. The van der Waals surface area contributed by atoms with Gasteiger partial charge in [0.1, 0.15) is 24.5 Å². The summed E-state index contributed by atoms with van der Waals surface area (Å²) in [5, 5.41) is 21.7. The van der Waals surface area contributed by atoms with E-state index < -0.39 is 5.92 Å². The highest BCUT2D eigenvalue weighted by molar-refractivity contribution is 8.02. The number of carbonyl (C=O) groups excluding carboxylic acids is 1. The minimum Gasteiger partial charge on any atom is -0.465 e. The van der Waals surface area contributed by atoms with Gasteiger partial charge in [0.15, 0.2) is 0 Å². The number of allylic oxidation sites excluding steroid dienone is 5. The number of esters is 1. The number of nitrogens with zero attached hydrogens (tertiary/aromatic N) is 2. The number of aryl methyl sites for hydroxylation is 1. The van der Waals surface area contributed by atoms with E-state index in [1.54, 1.807) is 36.2 Å². The zero-order valence-electron chi connectivity index (χ0n) is 26.2. The van der Waals surface area contributed by atoms with Gasteiger partial charge in [-0.2, -0.15) is 10.5 Å². The molecule has 2 rings (SSSR count). The third-order valence-corrected chi connectivity index (χ3v) is 7.82. The average Bonchev–Trinajstić information content (AvgIpc) is 3.02. The maximum Gasteiger partial charge on any atom is 0.313 e. The molecule has 2 aromatic rings. The largest absolute Gasteiger partial charge is 0.465 e. The molecule has 1 atom stereocenters. The Hall–Kier alpha value is -3.78. The van der Waals surface area contributed by atoms with Gasteiger partial charge in [0.25, 0.3) is 0 Å². The second kappa shape index (κ2) is 19.4. The summed E-state index contributed by atoms with van der Waals surface area (Å²) < 4.78 is 16.8.